The van der Waals surface area contributed by atoms with Crippen LogP contribution in [0.15, 0.2) is 32.5 Å². The van der Waals surface area contributed by atoms with E-state index in [1.807, 2.05) is 18.2 Å². The number of hydrogen-bond acceptors (Lipinski definition) is 9. The molecule has 4 heterocycles. The van der Waals surface area contributed by atoms with Crippen LogP contribution in [0.4, 0.5) is 0 Å². The third-order valence-electron chi connectivity index (χ3n) is 9.13. The number of aromatic amines is 1. The van der Waals surface area contributed by atoms with E-state index < -0.39 is 36.2 Å². The van der Waals surface area contributed by atoms with Crippen LogP contribution in [-0.4, -0.2) is 88.3 Å². The molecule has 2 bridgehead atoms. The Morgan fingerprint density at radius 1 is 1.12 bits per heavy atom. The van der Waals surface area contributed by atoms with E-state index in [9.17, 15) is 29.1 Å². The number of halogens is 1. The van der Waals surface area contributed by atoms with Crippen molar-refractivity contribution in [2.75, 3.05) is 39.5 Å². The molecule has 0 radical (unpaired) electrons. The number of morpholine rings is 1. The van der Waals surface area contributed by atoms with Crippen molar-refractivity contribution in [3.05, 3.63) is 42.8 Å². The first-order valence-electron chi connectivity index (χ1n) is 13.5. The van der Waals surface area contributed by atoms with Gasteiger partial charge in [0.25, 0.3) is 5.91 Å². The lowest BCUT2D eigenvalue weighted by Crippen LogP contribution is -2.43. The Kier molecular flexibility index (Phi) is 6.79. The molecule has 5 aliphatic rings. The molecule has 216 valence electrons. The van der Waals surface area contributed by atoms with Crippen LogP contribution in [0.1, 0.15) is 22.8 Å². The van der Waals surface area contributed by atoms with E-state index in [-0.39, 0.29) is 46.3 Å². The van der Waals surface area contributed by atoms with Gasteiger partial charge in [-0.25, -0.2) is 0 Å². The largest absolute Gasteiger partial charge is 0.483 e. The molecule has 2 saturated heterocycles. The van der Waals surface area contributed by atoms with Gasteiger partial charge in [-0.2, -0.15) is 0 Å². The third-order valence-corrected chi connectivity index (χ3v) is 12.2. The number of rotatable bonds is 6. The molecule has 1 aromatic heterocycles. The number of carboxylic acid groups (broad SMARTS) is 1. The number of nitrogens with one attached hydrogen (secondary N) is 1. The number of thioether (sulfide) groups is 1. The highest BCUT2D eigenvalue weighted by Crippen LogP contribution is 2.69. The van der Waals surface area contributed by atoms with Crippen molar-refractivity contribution in [1.29, 1.82) is 0 Å². The molecule has 2 saturated carbocycles. The monoisotopic (exact) mass is 663 g/mol. The molecule has 7 rings (SSSR count). The number of aromatic nitrogens is 1. The zero-order valence-corrected chi connectivity index (χ0v) is 24.8. The highest BCUT2D eigenvalue weighted by atomic mass is 79.9. The fourth-order valence-corrected chi connectivity index (χ4v) is 10.9. The maximum Gasteiger partial charge on any atom is 0.323 e. The summed E-state index contributed by atoms with van der Waals surface area (Å²) in [5, 5.41) is 10.0. The molecular weight excluding hydrogens is 638 g/mol. The fourth-order valence-electron chi connectivity index (χ4n) is 7.66. The van der Waals surface area contributed by atoms with Crippen molar-refractivity contribution in [2.24, 2.45) is 29.6 Å². The van der Waals surface area contributed by atoms with Crippen LogP contribution in [0, 0.1) is 29.6 Å². The van der Waals surface area contributed by atoms with E-state index in [1.165, 1.54) is 0 Å². The minimum atomic E-state index is -1.22. The number of aliphatic carboxylic acids is 1. The van der Waals surface area contributed by atoms with E-state index >= 15 is 0 Å². The molecule has 3 aliphatic heterocycles. The number of imide groups is 1. The second-order valence-corrected chi connectivity index (χ2v) is 14.2. The minimum Gasteiger partial charge on any atom is -0.483 e. The van der Waals surface area contributed by atoms with E-state index in [0.717, 1.165) is 36.2 Å². The Balaban J connectivity index is 1.26. The van der Waals surface area contributed by atoms with Crippen molar-refractivity contribution in [1.82, 2.24) is 14.8 Å². The number of ether oxygens (including phenoxy) is 2. The molecule has 3 amide bonds. The lowest BCUT2D eigenvalue weighted by molar-refractivity contribution is -0.149. The van der Waals surface area contributed by atoms with Gasteiger partial charge in [-0.05, 0) is 42.4 Å². The number of H-pyrrole nitrogens is 1. The summed E-state index contributed by atoms with van der Waals surface area (Å²) in [4.78, 5) is 69.9. The summed E-state index contributed by atoms with van der Waals surface area (Å²) in [5.41, 5.74) is 0.809. The highest BCUT2D eigenvalue weighted by molar-refractivity contribution is 9.10. The molecule has 1 aromatic carbocycles. The van der Waals surface area contributed by atoms with Gasteiger partial charge < -0.3 is 24.5 Å². The second-order valence-electron chi connectivity index (χ2n) is 11.1. The predicted octanol–water partition coefficient (Wildman–Crippen LogP) is 1.99. The second kappa shape index (κ2) is 10.2. The van der Waals surface area contributed by atoms with Crippen molar-refractivity contribution in [3.63, 3.8) is 0 Å². The molecule has 11 nitrogen and oxygen atoms in total. The topological polar surface area (TPSA) is 146 Å². The van der Waals surface area contributed by atoms with Crippen LogP contribution < -0.4 is 9.61 Å². The average molecular weight is 665 g/mol. The number of benzene rings is 1. The Bertz CT molecular complexity index is 1520. The van der Waals surface area contributed by atoms with Crippen molar-refractivity contribution in [2.45, 2.75) is 22.6 Å². The molecule has 14 heteroatoms. The van der Waals surface area contributed by atoms with Gasteiger partial charge in [-0.3, -0.25) is 28.9 Å². The fraction of sp³-hybridized carbons (Fsp3) is 0.519. The van der Waals surface area contributed by atoms with Gasteiger partial charge in [0.15, 0.2) is 6.61 Å². The summed E-state index contributed by atoms with van der Waals surface area (Å²) in [6, 6.07) is 5.60. The first-order chi connectivity index (χ1) is 19.7. The number of likely N-dealkylation sites (tertiary alicyclic amines) is 1. The molecule has 7 atom stereocenters. The summed E-state index contributed by atoms with van der Waals surface area (Å²) < 4.78 is 12.3. The van der Waals surface area contributed by atoms with Gasteiger partial charge in [0, 0.05) is 39.2 Å². The lowest BCUT2D eigenvalue weighted by atomic mass is 9.68. The van der Waals surface area contributed by atoms with Crippen LogP contribution in [0.25, 0.3) is 0 Å². The molecule has 41 heavy (non-hydrogen) atoms. The summed E-state index contributed by atoms with van der Waals surface area (Å²) in [5.74, 6) is -3.42. The van der Waals surface area contributed by atoms with Crippen LogP contribution >= 0.6 is 39.0 Å². The average Bonchev–Trinajstić information content (AvgIpc) is 3.68. The quantitative estimate of drug-likeness (QED) is 0.443. The molecular formula is C27H26BrN3O8S2. The molecule has 2 N–H and O–H groups in total. The zero-order valence-electron chi connectivity index (χ0n) is 21.6. The van der Waals surface area contributed by atoms with Gasteiger partial charge in [0.05, 0.1) is 30.1 Å². The first-order valence-corrected chi connectivity index (χ1v) is 16.0. The smallest absolute Gasteiger partial charge is 0.323 e. The van der Waals surface area contributed by atoms with E-state index in [2.05, 4.69) is 20.9 Å². The van der Waals surface area contributed by atoms with Crippen molar-refractivity contribution >= 4 is 62.7 Å². The first kappa shape index (κ1) is 27.2. The summed E-state index contributed by atoms with van der Waals surface area (Å²) in [6.45, 7) is 1.23. The molecule has 2 aromatic rings. The predicted molar refractivity (Wildman–Crippen MR) is 150 cm³/mol. The Hall–Kier alpha value is -2.68. The molecule has 0 spiro atoms. The summed E-state index contributed by atoms with van der Waals surface area (Å²) >= 11 is 6.27. The van der Waals surface area contributed by atoms with Crippen molar-refractivity contribution < 1.29 is 33.8 Å². The van der Waals surface area contributed by atoms with Gasteiger partial charge in [-0.1, -0.05) is 27.3 Å². The number of thiazole rings is 1. The number of carbonyl (C=O) groups is 4. The lowest BCUT2D eigenvalue weighted by Gasteiger charge is -2.43. The van der Waals surface area contributed by atoms with Crippen molar-refractivity contribution in [3.8, 4) is 5.75 Å². The van der Waals surface area contributed by atoms with Crippen LogP contribution in [0.2, 0.25) is 0 Å². The molecule has 4 fully saturated rings. The molecule has 2 aliphatic carbocycles. The Morgan fingerprint density at radius 2 is 1.85 bits per heavy atom. The number of fused-ring (bicyclic) bond motifs is 9. The van der Waals surface area contributed by atoms with Gasteiger partial charge >= 0.3 is 10.8 Å². The maximum absolute atomic E-state index is 13.4. The van der Waals surface area contributed by atoms with Gasteiger partial charge in [0.1, 0.15) is 12.3 Å². The van der Waals surface area contributed by atoms with Gasteiger partial charge in [0.2, 0.25) is 11.8 Å². The minimum absolute atomic E-state index is 0.0488. The van der Waals surface area contributed by atoms with E-state index in [0.29, 0.717) is 38.5 Å². The van der Waals surface area contributed by atoms with Crippen LogP contribution in [-0.2, 0) is 23.9 Å². The van der Waals surface area contributed by atoms with Gasteiger partial charge in [-0.15, -0.1) is 11.8 Å². The number of amides is 3. The van der Waals surface area contributed by atoms with Crippen LogP contribution in [0.3, 0.4) is 0 Å². The van der Waals surface area contributed by atoms with Crippen LogP contribution in [0.5, 0.6) is 5.75 Å². The zero-order chi connectivity index (χ0) is 28.6. The number of carboxylic acids is 1. The summed E-state index contributed by atoms with van der Waals surface area (Å²) in [6.07, 6.45) is 0.686. The Morgan fingerprint density at radius 3 is 2.59 bits per heavy atom. The number of nitrogens with zero attached hydrogens (tertiary/aromatic N) is 2. The van der Waals surface area contributed by atoms with E-state index in [4.69, 9.17) is 9.47 Å². The highest BCUT2D eigenvalue weighted by Gasteiger charge is 2.69. The maximum atomic E-state index is 13.4. The normalized spacial score (nSPS) is 31.7. The molecule has 6 unspecified atom stereocenters. The third kappa shape index (κ3) is 4.36. The SMILES string of the molecule is O=C(O)CN1C(=O)C2C3CC(C2C1=O)C1C3Sc2[nH]c(=O)sc2[C@@H]1c1cc(Br)ccc1OCC(=O)N1CCOCC1. The number of carbonyl (C=O) groups excluding carboxylic acids is 3. The Labute approximate surface area is 250 Å². The standard InChI is InChI=1S/C27H26BrN3O8S2/c28-11-1-2-15(39-10-16(32)30-3-5-38-6-4-30)12(7-11)18-19-13-8-14(22(19)40-24-23(18)41-27(37)29-24)21-20(13)25(35)31(26(21)36)9-17(33)34/h1-2,7,13-14,18-22H,3-6,8-10H2,(H,29,37)(H,33,34)/t13?,14?,18-,19?,20?,21?,22?/m1/s1. The number of hydrogen-bond donors (Lipinski definition) is 2. The van der Waals surface area contributed by atoms with E-state index in [1.54, 1.807) is 16.7 Å². The summed E-state index contributed by atoms with van der Waals surface area (Å²) in [7, 11) is 0.